The van der Waals surface area contributed by atoms with E-state index in [0.29, 0.717) is 0 Å². The lowest BCUT2D eigenvalue weighted by atomic mass is 10.0. The zero-order valence-corrected chi connectivity index (χ0v) is 10.3. The number of halogens is 1. The molecule has 1 aromatic heterocycles. The van der Waals surface area contributed by atoms with Crippen molar-refractivity contribution in [3.8, 4) is 0 Å². The van der Waals surface area contributed by atoms with Gasteiger partial charge in [0.05, 0.1) is 6.42 Å². The second-order valence-electron chi connectivity index (χ2n) is 4.25. The summed E-state index contributed by atoms with van der Waals surface area (Å²) in [6.07, 6.45) is -0.167. The molecule has 0 fully saturated rings. The fourth-order valence-corrected chi connectivity index (χ4v) is 1.49. The van der Waals surface area contributed by atoms with E-state index in [1.165, 1.54) is 6.07 Å². The number of rotatable bonds is 4. The Kier molecular flexibility index (Phi) is 4.07. The highest BCUT2D eigenvalue weighted by atomic mass is 35.5. The Bertz CT molecular complexity index is 446. The molecule has 1 amide bonds. The number of hydrogen-bond donors (Lipinski definition) is 2. The molecule has 0 radical (unpaired) electrons. The third-order valence-corrected chi connectivity index (χ3v) is 2.20. The molecular weight excluding hydrogens is 244 g/mol. The van der Waals surface area contributed by atoms with Crippen LogP contribution in [-0.2, 0) is 4.79 Å². The van der Waals surface area contributed by atoms with Gasteiger partial charge in [0.2, 0.25) is 0 Å². The van der Waals surface area contributed by atoms with Gasteiger partial charge in [0.15, 0.2) is 0 Å². The van der Waals surface area contributed by atoms with Crippen LogP contribution in [0.1, 0.15) is 30.8 Å². The van der Waals surface area contributed by atoms with Crippen molar-refractivity contribution in [1.82, 2.24) is 10.3 Å². The number of aromatic nitrogens is 1. The van der Waals surface area contributed by atoms with Crippen LogP contribution in [0.2, 0.25) is 5.15 Å². The number of carboxylic acid groups (broad SMARTS) is 1. The third-order valence-electron chi connectivity index (χ3n) is 1.99. The van der Waals surface area contributed by atoms with Crippen LogP contribution in [0, 0.1) is 0 Å². The second kappa shape index (κ2) is 5.14. The van der Waals surface area contributed by atoms with Crippen LogP contribution < -0.4 is 5.32 Å². The molecule has 0 atom stereocenters. The standard InChI is InChI=1S/C11H13ClN2O3/c1-11(2,6-9(15)16)14-10(17)7-4-3-5-8(12)13-7/h3-5H,6H2,1-2H3,(H,14,17)(H,15,16). The van der Waals surface area contributed by atoms with Crippen molar-refractivity contribution in [2.75, 3.05) is 0 Å². The van der Waals surface area contributed by atoms with Crippen molar-refractivity contribution < 1.29 is 14.7 Å². The van der Waals surface area contributed by atoms with Gasteiger partial charge in [0, 0.05) is 5.54 Å². The number of carbonyl (C=O) groups excluding carboxylic acids is 1. The molecule has 0 unspecified atom stereocenters. The quantitative estimate of drug-likeness (QED) is 0.804. The molecule has 1 heterocycles. The molecule has 0 aliphatic carbocycles. The van der Waals surface area contributed by atoms with Crippen molar-refractivity contribution in [3.05, 3.63) is 29.0 Å². The molecule has 17 heavy (non-hydrogen) atoms. The van der Waals surface area contributed by atoms with Crippen LogP contribution in [-0.4, -0.2) is 27.5 Å². The maximum absolute atomic E-state index is 11.8. The molecule has 1 aromatic rings. The van der Waals surface area contributed by atoms with E-state index in [1.807, 2.05) is 0 Å². The van der Waals surface area contributed by atoms with Crippen molar-refractivity contribution in [3.63, 3.8) is 0 Å². The highest BCUT2D eigenvalue weighted by Gasteiger charge is 2.24. The fraction of sp³-hybridized carbons (Fsp3) is 0.364. The van der Waals surface area contributed by atoms with E-state index in [1.54, 1.807) is 26.0 Å². The van der Waals surface area contributed by atoms with Gasteiger partial charge in [-0.1, -0.05) is 17.7 Å². The first-order chi connectivity index (χ1) is 7.80. The van der Waals surface area contributed by atoms with E-state index in [-0.39, 0.29) is 17.3 Å². The largest absolute Gasteiger partial charge is 0.481 e. The van der Waals surface area contributed by atoms with Gasteiger partial charge >= 0.3 is 5.97 Å². The first kappa shape index (κ1) is 13.4. The average Bonchev–Trinajstić information content (AvgIpc) is 2.14. The Morgan fingerprint density at radius 2 is 2.12 bits per heavy atom. The zero-order valence-electron chi connectivity index (χ0n) is 9.53. The highest BCUT2D eigenvalue weighted by Crippen LogP contribution is 2.11. The van der Waals surface area contributed by atoms with Gasteiger partial charge in [-0.15, -0.1) is 0 Å². The highest BCUT2D eigenvalue weighted by molar-refractivity contribution is 6.29. The van der Waals surface area contributed by atoms with Gasteiger partial charge in [-0.25, -0.2) is 4.98 Å². The summed E-state index contributed by atoms with van der Waals surface area (Å²) in [5.74, 6) is -1.42. The second-order valence-corrected chi connectivity index (χ2v) is 4.64. The van der Waals surface area contributed by atoms with Gasteiger partial charge in [0.1, 0.15) is 10.8 Å². The predicted molar refractivity (Wildman–Crippen MR) is 63.0 cm³/mol. The summed E-state index contributed by atoms with van der Waals surface area (Å²) >= 11 is 5.66. The van der Waals surface area contributed by atoms with Crippen molar-refractivity contribution in [2.24, 2.45) is 0 Å². The van der Waals surface area contributed by atoms with Crippen LogP contribution in [0.4, 0.5) is 0 Å². The minimum absolute atomic E-state index is 0.163. The Labute approximate surface area is 104 Å². The van der Waals surface area contributed by atoms with Gasteiger partial charge < -0.3 is 10.4 Å². The van der Waals surface area contributed by atoms with E-state index < -0.39 is 17.4 Å². The summed E-state index contributed by atoms with van der Waals surface area (Å²) in [5, 5.41) is 11.5. The molecule has 0 saturated heterocycles. The summed E-state index contributed by atoms with van der Waals surface area (Å²) in [6.45, 7) is 3.26. The molecular formula is C11H13ClN2O3. The van der Waals surface area contributed by atoms with Crippen molar-refractivity contribution in [1.29, 1.82) is 0 Å². The van der Waals surface area contributed by atoms with E-state index >= 15 is 0 Å². The number of nitrogens with one attached hydrogen (secondary N) is 1. The van der Waals surface area contributed by atoms with Crippen LogP contribution in [0.5, 0.6) is 0 Å². The number of hydrogen-bond acceptors (Lipinski definition) is 3. The predicted octanol–water partition coefficient (Wildman–Crippen LogP) is 1.72. The van der Waals surface area contributed by atoms with Crippen molar-refractivity contribution >= 4 is 23.5 Å². The molecule has 92 valence electrons. The lowest BCUT2D eigenvalue weighted by molar-refractivity contribution is -0.138. The van der Waals surface area contributed by atoms with Crippen LogP contribution >= 0.6 is 11.6 Å². The number of carboxylic acids is 1. The molecule has 0 bridgehead atoms. The Balaban J connectivity index is 2.75. The lowest BCUT2D eigenvalue weighted by Crippen LogP contribution is -2.45. The molecule has 0 saturated carbocycles. The first-order valence-corrected chi connectivity index (χ1v) is 5.35. The fourth-order valence-electron chi connectivity index (χ4n) is 1.33. The van der Waals surface area contributed by atoms with Crippen molar-refractivity contribution in [2.45, 2.75) is 25.8 Å². The number of pyridine rings is 1. The van der Waals surface area contributed by atoms with Crippen LogP contribution in [0.25, 0.3) is 0 Å². The number of amides is 1. The zero-order chi connectivity index (χ0) is 13.1. The van der Waals surface area contributed by atoms with Gasteiger partial charge in [-0.2, -0.15) is 0 Å². The molecule has 5 nitrogen and oxygen atoms in total. The Morgan fingerprint density at radius 3 is 2.65 bits per heavy atom. The van der Waals surface area contributed by atoms with E-state index in [2.05, 4.69) is 10.3 Å². The summed E-state index contributed by atoms with van der Waals surface area (Å²) in [5.41, 5.74) is -0.677. The van der Waals surface area contributed by atoms with Gasteiger partial charge in [-0.05, 0) is 26.0 Å². The molecule has 0 aliphatic heterocycles. The number of carbonyl (C=O) groups is 2. The van der Waals surface area contributed by atoms with Crippen LogP contribution in [0.3, 0.4) is 0 Å². The summed E-state index contributed by atoms with van der Waals surface area (Å²) in [6, 6.07) is 4.67. The molecule has 1 rings (SSSR count). The van der Waals surface area contributed by atoms with E-state index in [4.69, 9.17) is 16.7 Å². The molecule has 0 spiro atoms. The summed E-state index contributed by atoms with van der Waals surface area (Å²) in [7, 11) is 0. The molecule has 6 heteroatoms. The normalized spacial score (nSPS) is 11.0. The Hall–Kier alpha value is -1.62. The topological polar surface area (TPSA) is 79.3 Å². The minimum Gasteiger partial charge on any atom is -0.481 e. The first-order valence-electron chi connectivity index (χ1n) is 4.97. The molecule has 0 aliphatic rings. The molecule has 2 N–H and O–H groups in total. The third kappa shape index (κ3) is 4.40. The monoisotopic (exact) mass is 256 g/mol. The smallest absolute Gasteiger partial charge is 0.305 e. The summed E-state index contributed by atoms with van der Waals surface area (Å²) < 4.78 is 0. The van der Waals surface area contributed by atoms with E-state index in [0.717, 1.165) is 0 Å². The maximum atomic E-state index is 11.8. The summed E-state index contributed by atoms with van der Waals surface area (Å²) in [4.78, 5) is 26.2. The lowest BCUT2D eigenvalue weighted by Gasteiger charge is -2.23. The van der Waals surface area contributed by atoms with Crippen LogP contribution in [0.15, 0.2) is 18.2 Å². The number of nitrogens with zero attached hydrogens (tertiary/aromatic N) is 1. The maximum Gasteiger partial charge on any atom is 0.305 e. The van der Waals surface area contributed by atoms with Gasteiger partial charge in [0.25, 0.3) is 5.91 Å². The minimum atomic E-state index is -0.977. The Morgan fingerprint density at radius 1 is 1.47 bits per heavy atom. The molecule has 0 aromatic carbocycles. The van der Waals surface area contributed by atoms with Gasteiger partial charge in [-0.3, -0.25) is 9.59 Å². The SMILES string of the molecule is CC(C)(CC(=O)O)NC(=O)c1cccc(Cl)n1. The average molecular weight is 257 g/mol. The van der Waals surface area contributed by atoms with E-state index in [9.17, 15) is 9.59 Å². The number of aliphatic carboxylic acids is 1.